The highest BCUT2D eigenvalue weighted by atomic mass is 19.1. The van der Waals surface area contributed by atoms with Gasteiger partial charge in [0.25, 0.3) is 0 Å². The lowest BCUT2D eigenvalue weighted by molar-refractivity contribution is 0.0993. The molecule has 2 nitrogen and oxygen atoms in total. The lowest BCUT2D eigenvalue weighted by Crippen LogP contribution is -2.06. The molecule has 2 aromatic rings. The molecule has 0 atom stereocenters. The van der Waals surface area contributed by atoms with E-state index < -0.39 is 11.6 Å². The van der Waals surface area contributed by atoms with Crippen molar-refractivity contribution in [3.8, 4) is 0 Å². The first-order chi connectivity index (χ1) is 9.58. The first-order valence-corrected chi connectivity index (χ1v) is 6.35. The van der Waals surface area contributed by atoms with Gasteiger partial charge in [0, 0.05) is 18.1 Å². The highest BCUT2D eigenvalue weighted by molar-refractivity contribution is 5.97. The Bertz CT molecular complexity index is 588. The number of hydrogen-bond acceptors (Lipinski definition) is 2. The minimum absolute atomic E-state index is 0.0229. The summed E-state index contributed by atoms with van der Waals surface area (Å²) < 4.78 is 26.1. The number of halogens is 2. The van der Waals surface area contributed by atoms with Crippen LogP contribution in [0.5, 0.6) is 0 Å². The number of hydrogen-bond donors (Lipinski definition) is 1. The average molecular weight is 275 g/mol. The van der Waals surface area contributed by atoms with Gasteiger partial charge < -0.3 is 5.73 Å². The molecule has 0 saturated carbocycles. The average Bonchev–Trinajstić information content (AvgIpc) is 2.38. The molecule has 0 aliphatic rings. The molecule has 0 unspecified atom stereocenters. The van der Waals surface area contributed by atoms with Crippen molar-refractivity contribution in [2.24, 2.45) is 5.73 Å². The molecule has 0 radical (unpaired) electrons. The van der Waals surface area contributed by atoms with Gasteiger partial charge in [0.2, 0.25) is 0 Å². The molecule has 0 bridgehead atoms. The Kier molecular flexibility index (Phi) is 4.58. The second-order valence-electron chi connectivity index (χ2n) is 4.61. The molecule has 0 fully saturated rings. The molecule has 0 aromatic heterocycles. The van der Waals surface area contributed by atoms with Crippen molar-refractivity contribution in [1.29, 1.82) is 0 Å². The van der Waals surface area contributed by atoms with Crippen LogP contribution in [0.15, 0.2) is 42.5 Å². The highest BCUT2D eigenvalue weighted by Crippen LogP contribution is 2.12. The molecule has 2 rings (SSSR count). The Morgan fingerprint density at radius 2 is 1.55 bits per heavy atom. The van der Waals surface area contributed by atoms with Crippen LogP contribution in [0.4, 0.5) is 8.78 Å². The van der Waals surface area contributed by atoms with Crippen molar-refractivity contribution in [3.63, 3.8) is 0 Å². The summed E-state index contributed by atoms with van der Waals surface area (Å²) in [7, 11) is 0. The van der Waals surface area contributed by atoms with Gasteiger partial charge in [-0.1, -0.05) is 24.3 Å². The van der Waals surface area contributed by atoms with Crippen molar-refractivity contribution in [1.82, 2.24) is 0 Å². The summed E-state index contributed by atoms with van der Waals surface area (Å²) in [5.74, 6) is -1.52. The van der Waals surface area contributed by atoms with E-state index >= 15 is 0 Å². The molecule has 2 N–H and O–H groups in total. The molecular formula is C16H15F2NO. The Morgan fingerprint density at radius 3 is 2.10 bits per heavy atom. The largest absolute Gasteiger partial charge is 0.330 e. The van der Waals surface area contributed by atoms with Crippen LogP contribution in [-0.2, 0) is 12.8 Å². The standard InChI is InChI=1S/C16H15F2NO/c17-14-7-12(8-15(18)10-14)9-16(20)13-3-1-11(2-4-13)5-6-19/h1-4,7-8,10H,5-6,9,19H2. The zero-order valence-electron chi connectivity index (χ0n) is 10.9. The number of carbonyl (C=O) groups is 1. The first-order valence-electron chi connectivity index (χ1n) is 6.35. The van der Waals surface area contributed by atoms with E-state index in [0.717, 1.165) is 18.1 Å². The summed E-state index contributed by atoms with van der Waals surface area (Å²) in [4.78, 5) is 12.0. The Morgan fingerprint density at radius 1 is 0.950 bits per heavy atom. The van der Waals surface area contributed by atoms with Crippen molar-refractivity contribution < 1.29 is 13.6 Å². The van der Waals surface area contributed by atoms with Crippen molar-refractivity contribution in [2.45, 2.75) is 12.8 Å². The normalized spacial score (nSPS) is 10.6. The molecular weight excluding hydrogens is 260 g/mol. The molecule has 0 saturated heterocycles. The fourth-order valence-corrected chi connectivity index (χ4v) is 2.02. The van der Waals surface area contributed by atoms with Gasteiger partial charge >= 0.3 is 0 Å². The first kappa shape index (κ1) is 14.3. The van der Waals surface area contributed by atoms with E-state index in [1.54, 1.807) is 12.1 Å². The molecule has 0 aliphatic heterocycles. The van der Waals surface area contributed by atoms with Gasteiger partial charge in [-0.25, -0.2) is 8.78 Å². The number of carbonyl (C=O) groups excluding carboxylic acids is 1. The van der Waals surface area contributed by atoms with E-state index in [9.17, 15) is 13.6 Å². The third-order valence-corrected chi connectivity index (χ3v) is 3.00. The summed E-state index contributed by atoms with van der Waals surface area (Å²) >= 11 is 0. The molecule has 20 heavy (non-hydrogen) atoms. The molecule has 2 aromatic carbocycles. The Hall–Kier alpha value is -2.07. The van der Waals surface area contributed by atoms with E-state index in [1.165, 1.54) is 12.1 Å². The van der Waals surface area contributed by atoms with Crippen LogP contribution >= 0.6 is 0 Å². The van der Waals surface area contributed by atoms with E-state index in [1.807, 2.05) is 12.1 Å². The molecule has 0 amide bonds. The second-order valence-corrected chi connectivity index (χ2v) is 4.61. The Balaban J connectivity index is 2.11. The van der Waals surface area contributed by atoms with E-state index in [2.05, 4.69) is 0 Å². The fraction of sp³-hybridized carbons (Fsp3) is 0.188. The number of ketones is 1. The minimum atomic E-state index is -0.675. The van der Waals surface area contributed by atoms with Gasteiger partial charge in [-0.05, 0) is 36.2 Å². The summed E-state index contributed by atoms with van der Waals surface area (Å²) in [5, 5.41) is 0. The third-order valence-electron chi connectivity index (χ3n) is 3.00. The SMILES string of the molecule is NCCc1ccc(C(=O)Cc2cc(F)cc(F)c2)cc1. The number of nitrogens with two attached hydrogens (primary N) is 1. The van der Waals surface area contributed by atoms with Gasteiger partial charge in [0.05, 0.1) is 0 Å². The van der Waals surface area contributed by atoms with Crippen LogP contribution in [0.2, 0.25) is 0 Å². The maximum Gasteiger partial charge on any atom is 0.167 e. The van der Waals surface area contributed by atoms with Crippen molar-refractivity contribution in [3.05, 3.63) is 70.8 Å². The molecule has 0 spiro atoms. The predicted octanol–water partition coefficient (Wildman–Crippen LogP) is 2.89. The number of rotatable bonds is 5. The van der Waals surface area contributed by atoms with Crippen molar-refractivity contribution in [2.75, 3.05) is 6.54 Å². The smallest absolute Gasteiger partial charge is 0.167 e. The van der Waals surface area contributed by atoms with E-state index in [0.29, 0.717) is 17.7 Å². The maximum absolute atomic E-state index is 13.1. The van der Waals surface area contributed by atoms with Gasteiger partial charge in [-0.2, -0.15) is 0 Å². The second kappa shape index (κ2) is 6.39. The lowest BCUT2D eigenvalue weighted by atomic mass is 10.0. The molecule has 104 valence electrons. The van der Waals surface area contributed by atoms with Gasteiger partial charge in [-0.3, -0.25) is 4.79 Å². The van der Waals surface area contributed by atoms with Crippen LogP contribution in [0.1, 0.15) is 21.5 Å². The van der Waals surface area contributed by atoms with Crippen LogP contribution in [-0.4, -0.2) is 12.3 Å². The quantitative estimate of drug-likeness (QED) is 0.853. The lowest BCUT2D eigenvalue weighted by Gasteiger charge is -2.04. The van der Waals surface area contributed by atoms with Gasteiger partial charge in [0.1, 0.15) is 11.6 Å². The zero-order valence-corrected chi connectivity index (χ0v) is 10.9. The number of Topliss-reactive ketones (excluding diaryl/α,β-unsaturated/α-hetero) is 1. The van der Waals surface area contributed by atoms with Crippen LogP contribution in [0.3, 0.4) is 0 Å². The third kappa shape index (κ3) is 3.71. The van der Waals surface area contributed by atoms with Crippen LogP contribution in [0.25, 0.3) is 0 Å². The monoisotopic (exact) mass is 275 g/mol. The number of benzene rings is 2. The maximum atomic E-state index is 13.1. The summed E-state index contributed by atoms with van der Waals surface area (Å²) in [6.07, 6.45) is 0.731. The molecule has 0 aliphatic carbocycles. The Labute approximate surface area is 116 Å². The van der Waals surface area contributed by atoms with Gasteiger partial charge in [-0.15, -0.1) is 0 Å². The fourth-order valence-electron chi connectivity index (χ4n) is 2.02. The van der Waals surface area contributed by atoms with E-state index in [4.69, 9.17) is 5.73 Å². The molecule has 0 heterocycles. The summed E-state index contributed by atoms with van der Waals surface area (Å²) in [6.45, 7) is 0.551. The summed E-state index contributed by atoms with van der Waals surface area (Å²) in [5.41, 5.74) is 7.36. The molecule has 4 heteroatoms. The topological polar surface area (TPSA) is 43.1 Å². The van der Waals surface area contributed by atoms with E-state index in [-0.39, 0.29) is 12.2 Å². The van der Waals surface area contributed by atoms with Crippen molar-refractivity contribution >= 4 is 5.78 Å². The predicted molar refractivity (Wildman–Crippen MR) is 73.6 cm³/mol. The zero-order chi connectivity index (χ0) is 14.5. The minimum Gasteiger partial charge on any atom is -0.330 e. The van der Waals surface area contributed by atoms with Crippen LogP contribution in [0, 0.1) is 11.6 Å². The summed E-state index contributed by atoms with van der Waals surface area (Å²) in [6, 6.07) is 10.2. The highest BCUT2D eigenvalue weighted by Gasteiger charge is 2.09. The van der Waals surface area contributed by atoms with Crippen LogP contribution < -0.4 is 5.73 Å². The van der Waals surface area contributed by atoms with Gasteiger partial charge in [0.15, 0.2) is 5.78 Å².